The molecular formula is C9H18N2O. The highest BCUT2D eigenvalue weighted by Crippen LogP contribution is 2.01. The molecule has 0 amide bonds. The molecule has 1 rings (SSSR count). The molecule has 1 aliphatic rings. The van der Waals surface area contributed by atoms with E-state index < -0.39 is 0 Å². The predicted octanol–water partition coefficient (Wildman–Crippen LogP) is 0.222. The van der Waals surface area contributed by atoms with Gasteiger partial charge in [0.05, 0.1) is 6.61 Å². The minimum absolute atomic E-state index is 0.154. The van der Waals surface area contributed by atoms with Crippen molar-refractivity contribution < 1.29 is 4.74 Å². The van der Waals surface area contributed by atoms with E-state index >= 15 is 0 Å². The molecule has 0 bridgehead atoms. The van der Waals surface area contributed by atoms with Gasteiger partial charge in [0, 0.05) is 32.8 Å². The molecule has 0 spiro atoms. The Bertz CT molecular complexity index is 147. The van der Waals surface area contributed by atoms with Gasteiger partial charge >= 0.3 is 0 Å². The summed E-state index contributed by atoms with van der Waals surface area (Å²) in [4.78, 5) is 2.35. The monoisotopic (exact) mass is 170 g/mol. The summed E-state index contributed by atoms with van der Waals surface area (Å²) in [6.07, 6.45) is 5.57. The zero-order valence-electron chi connectivity index (χ0n) is 7.70. The van der Waals surface area contributed by atoms with Gasteiger partial charge in [-0.2, -0.15) is 0 Å². The van der Waals surface area contributed by atoms with E-state index in [1.165, 1.54) is 0 Å². The molecular weight excluding hydrogens is 152 g/mol. The van der Waals surface area contributed by atoms with Gasteiger partial charge in [0.15, 0.2) is 0 Å². The van der Waals surface area contributed by atoms with Gasteiger partial charge in [0.1, 0.15) is 0 Å². The summed E-state index contributed by atoms with van der Waals surface area (Å²) in [7, 11) is 1.69. The van der Waals surface area contributed by atoms with Crippen molar-refractivity contribution in [1.82, 2.24) is 4.90 Å². The Kier molecular flexibility index (Phi) is 4.29. The molecule has 2 N–H and O–H groups in total. The first-order valence-electron chi connectivity index (χ1n) is 4.45. The van der Waals surface area contributed by atoms with Crippen molar-refractivity contribution in [2.24, 2.45) is 5.73 Å². The second kappa shape index (κ2) is 5.30. The van der Waals surface area contributed by atoms with Crippen LogP contribution in [0.5, 0.6) is 0 Å². The summed E-state index contributed by atoms with van der Waals surface area (Å²) in [5.74, 6) is 0. The number of methoxy groups -OCH3 is 1. The van der Waals surface area contributed by atoms with E-state index in [4.69, 9.17) is 10.5 Å². The van der Waals surface area contributed by atoms with Crippen molar-refractivity contribution in [1.29, 1.82) is 0 Å². The second-order valence-electron chi connectivity index (χ2n) is 3.24. The first kappa shape index (κ1) is 9.71. The maximum absolute atomic E-state index is 5.82. The molecule has 0 aromatic heterocycles. The fraction of sp³-hybridized carbons (Fsp3) is 0.778. The van der Waals surface area contributed by atoms with Crippen LogP contribution >= 0.6 is 0 Å². The van der Waals surface area contributed by atoms with Crippen LogP contribution in [0, 0.1) is 0 Å². The summed E-state index contributed by atoms with van der Waals surface area (Å²) in [6, 6.07) is 0.154. The van der Waals surface area contributed by atoms with Gasteiger partial charge in [0.2, 0.25) is 0 Å². The molecule has 1 atom stereocenters. The van der Waals surface area contributed by atoms with Gasteiger partial charge in [0.25, 0.3) is 0 Å². The Balaban J connectivity index is 2.16. The van der Waals surface area contributed by atoms with Crippen LogP contribution < -0.4 is 5.73 Å². The molecule has 3 heteroatoms. The average molecular weight is 170 g/mol. The van der Waals surface area contributed by atoms with Gasteiger partial charge in [-0.05, 0) is 6.42 Å². The van der Waals surface area contributed by atoms with Crippen LogP contribution in [0.3, 0.4) is 0 Å². The van der Waals surface area contributed by atoms with Crippen LogP contribution in [0.2, 0.25) is 0 Å². The number of nitrogens with two attached hydrogens (primary N) is 1. The van der Waals surface area contributed by atoms with Crippen molar-refractivity contribution >= 4 is 0 Å². The molecule has 0 radical (unpaired) electrons. The van der Waals surface area contributed by atoms with Crippen LogP contribution in [0.1, 0.15) is 6.42 Å². The maximum Gasteiger partial charge on any atom is 0.0626 e. The molecule has 1 unspecified atom stereocenters. The lowest BCUT2D eigenvalue weighted by molar-refractivity contribution is 0.156. The van der Waals surface area contributed by atoms with Gasteiger partial charge in [-0.15, -0.1) is 0 Å². The molecule has 3 nitrogen and oxygen atoms in total. The molecule has 70 valence electrons. The maximum atomic E-state index is 5.82. The van der Waals surface area contributed by atoms with Crippen molar-refractivity contribution in [3.8, 4) is 0 Å². The summed E-state index contributed by atoms with van der Waals surface area (Å²) in [6.45, 7) is 3.77. The van der Waals surface area contributed by atoms with E-state index in [9.17, 15) is 0 Å². The molecule has 12 heavy (non-hydrogen) atoms. The number of hydrogen-bond donors (Lipinski definition) is 1. The Morgan fingerprint density at radius 2 is 2.42 bits per heavy atom. The quantitative estimate of drug-likeness (QED) is 0.613. The lowest BCUT2D eigenvalue weighted by atomic mass is 10.2. The van der Waals surface area contributed by atoms with Crippen LogP contribution in [0.4, 0.5) is 0 Å². The predicted molar refractivity (Wildman–Crippen MR) is 50.0 cm³/mol. The minimum Gasteiger partial charge on any atom is -0.383 e. The summed E-state index contributed by atoms with van der Waals surface area (Å²) < 4.78 is 4.98. The highest BCUT2D eigenvalue weighted by atomic mass is 16.5. The van der Waals surface area contributed by atoms with Gasteiger partial charge in [-0.3, -0.25) is 4.90 Å². The third-order valence-corrected chi connectivity index (χ3v) is 2.02. The Labute approximate surface area is 74.2 Å². The van der Waals surface area contributed by atoms with Crippen LogP contribution in [0.25, 0.3) is 0 Å². The standard InChI is InChI=1S/C9H18N2O/c1-12-8-9(10)7-11-5-3-2-4-6-11/h2-3,9H,4-8,10H2,1H3. The summed E-state index contributed by atoms with van der Waals surface area (Å²) >= 11 is 0. The lowest BCUT2D eigenvalue weighted by Gasteiger charge is -2.25. The van der Waals surface area contributed by atoms with Crippen LogP contribution in [-0.4, -0.2) is 44.3 Å². The van der Waals surface area contributed by atoms with Crippen molar-refractivity contribution in [3.63, 3.8) is 0 Å². The molecule has 0 saturated carbocycles. The fourth-order valence-corrected chi connectivity index (χ4v) is 1.45. The van der Waals surface area contributed by atoms with Crippen molar-refractivity contribution in [2.45, 2.75) is 12.5 Å². The van der Waals surface area contributed by atoms with E-state index in [1.54, 1.807) is 7.11 Å². The third kappa shape index (κ3) is 3.34. The van der Waals surface area contributed by atoms with Gasteiger partial charge in [-0.25, -0.2) is 0 Å². The fourth-order valence-electron chi connectivity index (χ4n) is 1.45. The molecule has 0 saturated heterocycles. The molecule has 0 aromatic rings. The molecule has 0 fully saturated rings. The van der Waals surface area contributed by atoms with E-state index in [-0.39, 0.29) is 6.04 Å². The summed E-state index contributed by atoms with van der Waals surface area (Å²) in [5, 5.41) is 0. The van der Waals surface area contributed by atoms with Crippen molar-refractivity contribution in [2.75, 3.05) is 33.4 Å². The Morgan fingerprint density at radius 1 is 1.58 bits per heavy atom. The highest BCUT2D eigenvalue weighted by molar-refractivity contribution is 4.91. The number of ether oxygens (including phenoxy) is 1. The SMILES string of the molecule is COCC(N)CN1CC=CCC1. The number of hydrogen-bond acceptors (Lipinski definition) is 3. The minimum atomic E-state index is 0.154. The zero-order valence-corrected chi connectivity index (χ0v) is 7.70. The Hall–Kier alpha value is -0.380. The van der Waals surface area contributed by atoms with Crippen LogP contribution in [-0.2, 0) is 4.74 Å². The largest absolute Gasteiger partial charge is 0.383 e. The zero-order chi connectivity index (χ0) is 8.81. The highest BCUT2D eigenvalue weighted by Gasteiger charge is 2.10. The molecule has 0 aliphatic carbocycles. The van der Waals surface area contributed by atoms with E-state index in [1.807, 2.05) is 0 Å². The van der Waals surface area contributed by atoms with Crippen LogP contribution in [0.15, 0.2) is 12.2 Å². The third-order valence-electron chi connectivity index (χ3n) is 2.02. The lowest BCUT2D eigenvalue weighted by Crippen LogP contribution is -2.41. The average Bonchev–Trinajstić information content (AvgIpc) is 2.06. The normalized spacial score (nSPS) is 21.2. The van der Waals surface area contributed by atoms with Crippen molar-refractivity contribution in [3.05, 3.63) is 12.2 Å². The first-order chi connectivity index (χ1) is 5.83. The van der Waals surface area contributed by atoms with E-state index in [2.05, 4.69) is 17.1 Å². The molecule has 1 aliphatic heterocycles. The number of nitrogens with zero attached hydrogens (tertiary/aromatic N) is 1. The topological polar surface area (TPSA) is 38.5 Å². The molecule has 1 heterocycles. The Morgan fingerprint density at radius 3 is 3.00 bits per heavy atom. The smallest absolute Gasteiger partial charge is 0.0626 e. The summed E-state index contributed by atoms with van der Waals surface area (Å²) in [5.41, 5.74) is 5.82. The number of rotatable bonds is 4. The molecule has 0 aromatic carbocycles. The second-order valence-corrected chi connectivity index (χ2v) is 3.24. The van der Waals surface area contributed by atoms with E-state index in [0.717, 1.165) is 26.1 Å². The van der Waals surface area contributed by atoms with Gasteiger partial charge in [-0.1, -0.05) is 12.2 Å². The first-order valence-corrected chi connectivity index (χ1v) is 4.45. The van der Waals surface area contributed by atoms with E-state index in [0.29, 0.717) is 6.61 Å². The van der Waals surface area contributed by atoms with Gasteiger partial charge < -0.3 is 10.5 Å².